The van der Waals surface area contributed by atoms with Gasteiger partial charge in [-0.1, -0.05) is 0 Å². The van der Waals surface area contributed by atoms with Crippen molar-refractivity contribution in [3.05, 3.63) is 35.3 Å². The minimum absolute atomic E-state index is 0.0806. The molecule has 0 aliphatic heterocycles. The number of nitriles is 1. The number of hydrogen-bond donors (Lipinski definition) is 0. The number of fused-ring (bicyclic) bond motifs is 1. The van der Waals surface area contributed by atoms with E-state index in [0.717, 1.165) is 22.7 Å². The fourth-order valence-electron chi connectivity index (χ4n) is 1.87. The Bertz CT molecular complexity index is 729. The molecule has 8 heteroatoms. The van der Waals surface area contributed by atoms with Crippen LogP contribution in [0.1, 0.15) is 28.7 Å². The number of hydrogen-bond acceptors (Lipinski definition) is 4. The Balaban J connectivity index is 2.64. The first-order valence-corrected chi connectivity index (χ1v) is 6.00. The van der Waals surface area contributed by atoms with E-state index in [4.69, 9.17) is 10.00 Å². The summed E-state index contributed by atoms with van der Waals surface area (Å²) in [5.41, 5.74) is -0.798. The Morgan fingerprint density at radius 3 is 2.76 bits per heavy atom. The van der Waals surface area contributed by atoms with Gasteiger partial charge in [-0.15, -0.1) is 0 Å². The van der Waals surface area contributed by atoms with Crippen molar-refractivity contribution >= 4 is 11.6 Å². The zero-order valence-corrected chi connectivity index (χ0v) is 10.9. The molecule has 0 aromatic carbocycles. The molecule has 2 aromatic rings. The molecule has 0 bridgehead atoms. The number of alkyl halides is 3. The molecule has 5 nitrogen and oxygen atoms in total. The molecule has 0 spiro atoms. The molecule has 0 N–H and O–H groups in total. The summed E-state index contributed by atoms with van der Waals surface area (Å²) in [6.07, 6.45) is -3.96. The van der Waals surface area contributed by atoms with E-state index in [1.807, 2.05) is 6.07 Å². The van der Waals surface area contributed by atoms with E-state index in [1.165, 1.54) is 0 Å². The normalized spacial score (nSPS) is 11.4. The lowest BCUT2D eigenvalue weighted by molar-refractivity contribution is -0.137. The average molecular weight is 297 g/mol. The van der Waals surface area contributed by atoms with E-state index >= 15 is 0 Å². The second kappa shape index (κ2) is 5.44. The number of rotatable bonds is 3. The van der Waals surface area contributed by atoms with Crippen LogP contribution >= 0.6 is 0 Å². The van der Waals surface area contributed by atoms with E-state index in [0.29, 0.717) is 0 Å². The van der Waals surface area contributed by atoms with E-state index in [9.17, 15) is 18.0 Å². The van der Waals surface area contributed by atoms with E-state index in [2.05, 4.69) is 4.98 Å². The molecule has 0 aliphatic carbocycles. The van der Waals surface area contributed by atoms with Gasteiger partial charge in [-0.25, -0.2) is 9.78 Å². The molecule has 0 amide bonds. The predicted octanol–water partition coefficient (Wildman–Crippen LogP) is 2.60. The predicted molar refractivity (Wildman–Crippen MR) is 65.5 cm³/mol. The summed E-state index contributed by atoms with van der Waals surface area (Å²) < 4.78 is 44.1. The molecule has 0 atom stereocenters. The number of nitrogens with zero attached hydrogens (tertiary/aromatic N) is 3. The standard InChI is InChI=1S/C13H10F3N3O2/c1-2-21-12(20)11-9(5-6-17)19-7-8(13(14,15)16)3-4-10(19)18-11/h3-4,7H,2,5H2,1H3. The Hall–Kier alpha value is -2.56. The highest BCUT2D eigenvalue weighted by molar-refractivity contribution is 5.89. The molecule has 0 saturated carbocycles. The van der Waals surface area contributed by atoms with Crippen LogP contribution in [0.2, 0.25) is 0 Å². The maximum absolute atomic E-state index is 12.7. The molecule has 0 aliphatic rings. The van der Waals surface area contributed by atoms with Gasteiger partial charge in [0.2, 0.25) is 0 Å². The molecule has 21 heavy (non-hydrogen) atoms. The maximum atomic E-state index is 12.7. The first-order chi connectivity index (χ1) is 9.88. The number of aromatic nitrogens is 2. The van der Waals surface area contributed by atoms with Crippen molar-refractivity contribution in [3.8, 4) is 6.07 Å². The van der Waals surface area contributed by atoms with Crippen LogP contribution in [0.4, 0.5) is 13.2 Å². The van der Waals surface area contributed by atoms with Crippen LogP contribution in [0.5, 0.6) is 0 Å². The van der Waals surface area contributed by atoms with Gasteiger partial charge in [-0.2, -0.15) is 18.4 Å². The van der Waals surface area contributed by atoms with Gasteiger partial charge in [-0.3, -0.25) is 0 Å². The number of ether oxygens (including phenoxy) is 1. The van der Waals surface area contributed by atoms with Gasteiger partial charge < -0.3 is 9.14 Å². The van der Waals surface area contributed by atoms with E-state index < -0.39 is 17.7 Å². The summed E-state index contributed by atoms with van der Waals surface area (Å²) in [6.45, 7) is 1.70. The summed E-state index contributed by atoms with van der Waals surface area (Å²) in [6, 6.07) is 3.82. The Kier molecular flexibility index (Phi) is 3.84. The molecular formula is C13H10F3N3O2. The molecule has 2 heterocycles. The summed E-state index contributed by atoms with van der Waals surface area (Å²) in [4.78, 5) is 15.7. The lowest BCUT2D eigenvalue weighted by Crippen LogP contribution is -2.09. The number of pyridine rings is 1. The zero-order chi connectivity index (χ0) is 15.6. The fraction of sp³-hybridized carbons (Fsp3) is 0.308. The summed E-state index contributed by atoms with van der Waals surface area (Å²) in [5, 5.41) is 8.80. The molecular weight excluding hydrogens is 287 g/mol. The topological polar surface area (TPSA) is 67.4 Å². The van der Waals surface area contributed by atoms with E-state index in [-0.39, 0.29) is 30.1 Å². The molecule has 2 aromatic heterocycles. The van der Waals surface area contributed by atoms with Crippen molar-refractivity contribution < 1.29 is 22.7 Å². The molecule has 0 fully saturated rings. The third-order valence-corrected chi connectivity index (χ3v) is 2.76. The molecule has 110 valence electrons. The molecule has 2 rings (SSSR count). The Morgan fingerprint density at radius 2 is 2.19 bits per heavy atom. The van der Waals surface area contributed by atoms with E-state index in [1.54, 1.807) is 6.92 Å². The maximum Gasteiger partial charge on any atom is 0.417 e. The van der Waals surface area contributed by atoms with Crippen LogP contribution in [0, 0.1) is 11.3 Å². The van der Waals surface area contributed by atoms with Crippen LogP contribution in [0.3, 0.4) is 0 Å². The minimum atomic E-state index is -4.52. The zero-order valence-electron chi connectivity index (χ0n) is 10.9. The molecule has 0 radical (unpaired) electrons. The smallest absolute Gasteiger partial charge is 0.417 e. The highest BCUT2D eigenvalue weighted by Gasteiger charge is 2.31. The van der Waals surface area contributed by atoms with Crippen molar-refractivity contribution in [1.82, 2.24) is 9.38 Å². The molecule has 0 unspecified atom stereocenters. The Morgan fingerprint density at radius 1 is 1.48 bits per heavy atom. The van der Waals surface area contributed by atoms with Crippen molar-refractivity contribution in [2.45, 2.75) is 19.5 Å². The lowest BCUT2D eigenvalue weighted by Gasteiger charge is -2.07. The quantitative estimate of drug-likeness (QED) is 0.817. The van der Waals surface area contributed by atoms with Crippen molar-refractivity contribution in [2.75, 3.05) is 6.61 Å². The number of carbonyl (C=O) groups is 1. The minimum Gasteiger partial charge on any atom is -0.461 e. The van der Waals surface area contributed by atoms with Crippen molar-refractivity contribution in [3.63, 3.8) is 0 Å². The van der Waals surface area contributed by atoms with Gasteiger partial charge in [0.25, 0.3) is 0 Å². The van der Waals surface area contributed by atoms with Gasteiger partial charge in [0.1, 0.15) is 5.65 Å². The van der Waals surface area contributed by atoms with Crippen LogP contribution in [-0.4, -0.2) is 22.0 Å². The van der Waals surface area contributed by atoms with Crippen molar-refractivity contribution in [1.29, 1.82) is 5.26 Å². The monoisotopic (exact) mass is 297 g/mol. The van der Waals surface area contributed by atoms with Crippen molar-refractivity contribution in [2.24, 2.45) is 0 Å². The van der Waals surface area contributed by atoms with Crippen LogP contribution in [-0.2, 0) is 17.3 Å². The van der Waals surface area contributed by atoms with Crippen LogP contribution in [0.25, 0.3) is 5.65 Å². The van der Waals surface area contributed by atoms with Crippen LogP contribution in [0.15, 0.2) is 18.3 Å². The first kappa shape index (κ1) is 14.8. The number of halogens is 3. The summed E-state index contributed by atoms with van der Waals surface area (Å²) in [5.74, 6) is -0.764. The number of carbonyl (C=O) groups excluding carboxylic acids is 1. The third-order valence-electron chi connectivity index (χ3n) is 2.76. The second-order valence-corrected chi connectivity index (χ2v) is 4.11. The molecule has 0 saturated heterocycles. The van der Waals surface area contributed by atoms with Crippen LogP contribution < -0.4 is 0 Å². The SMILES string of the molecule is CCOC(=O)c1nc2ccc(C(F)(F)F)cn2c1CC#N. The van der Waals surface area contributed by atoms with Gasteiger partial charge in [0.05, 0.1) is 30.4 Å². The summed E-state index contributed by atoms with van der Waals surface area (Å²) in [7, 11) is 0. The van der Waals surface area contributed by atoms with Gasteiger partial charge in [-0.05, 0) is 19.1 Å². The highest BCUT2D eigenvalue weighted by atomic mass is 19.4. The lowest BCUT2D eigenvalue weighted by atomic mass is 10.2. The van der Waals surface area contributed by atoms with Gasteiger partial charge >= 0.3 is 12.1 Å². The second-order valence-electron chi connectivity index (χ2n) is 4.11. The number of esters is 1. The third kappa shape index (κ3) is 2.81. The van der Waals surface area contributed by atoms with Gasteiger partial charge in [0.15, 0.2) is 5.69 Å². The van der Waals surface area contributed by atoms with Gasteiger partial charge in [0, 0.05) is 6.20 Å². The first-order valence-electron chi connectivity index (χ1n) is 6.00. The highest BCUT2D eigenvalue weighted by Crippen LogP contribution is 2.30. The summed E-state index contributed by atoms with van der Waals surface area (Å²) >= 11 is 0. The fourth-order valence-corrected chi connectivity index (χ4v) is 1.87. The largest absolute Gasteiger partial charge is 0.461 e. The average Bonchev–Trinajstić information content (AvgIpc) is 2.77. The Labute approximate surface area is 117 Å². The number of imidazole rings is 1.